The largest absolute Gasteiger partial charge is 0.480 e. The third kappa shape index (κ3) is 4.44. The van der Waals surface area contributed by atoms with Crippen LogP contribution in [0.1, 0.15) is 28.8 Å². The van der Waals surface area contributed by atoms with E-state index in [4.69, 9.17) is 16.7 Å². The summed E-state index contributed by atoms with van der Waals surface area (Å²) in [5, 5.41) is 12.4. The Morgan fingerprint density at radius 2 is 2.05 bits per heavy atom. The van der Waals surface area contributed by atoms with E-state index in [0.29, 0.717) is 23.7 Å². The highest BCUT2D eigenvalue weighted by atomic mass is 35.5. The first-order chi connectivity index (χ1) is 9.95. The second-order valence-corrected chi connectivity index (χ2v) is 5.79. The number of hydrogen-bond donors (Lipinski definition) is 2. The van der Waals surface area contributed by atoms with E-state index >= 15 is 0 Å². The Hall–Kier alpha value is -1.59. The van der Waals surface area contributed by atoms with Gasteiger partial charge >= 0.3 is 5.97 Å². The van der Waals surface area contributed by atoms with Gasteiger partial charge in [0.1, 0.15) is 0 Å². The number of piperidine rings is 1. The number of aliphatic carboxylic acids is 1. The van der Waals surface area contributed by atoms with Crippen LogP contribution in [0.15, 0.2) is 18.2 Å². The molecule has 6 heteroatoms. The highest BCUT2D eigenvalue weighted by molar-refractivity contribution is 6.31. The number of likely N-dealkylation sites (tertiary alicyclic amines) is 1. The number of aryl methyl sites for hydroxylation is 1. The van der Waals surface area contributed by atoms with Crippen LogP contribution in [0.4, 0.5) is 0 Å². The fraction of sp³-hybridized carbons (Fsp3) is 0.467. The van der Waals surface area contributed by atoms with Gasteiger partial charge in [0.05, 0.1) is 6.54 Å². The number of carbonyl (C=O) groups is 2. The van der Waals surface area contributed by atoms with E-state index < -0.39 is 5.97 Å². The van der Waals surface area contributed by atoms with Crippen LogP contribution in [-0.4, -0.2) is 47.6 Å². The molecule has 1 aromatic carbocycles. The number of carbonyl (C=O) groups excluding carboxylic acids is 1. The summed E-state index contributed by atoms with van der Waals surface area (Å²) in [5.74, 6) is -0.916. The number of amides is 1. The number of carboxylic acid groups (broad SMARTS) is 1. The zero-order valence-corrected chi connectivity index (χ0v) is 12.7. The van der Waals surface area contributed by atoms with Crippen molar-refractivity contribution in [2.75, 3.05) is 19.6 Å². The van der Waals surface area contributed by atoms with E-state index in [1.165, 1.54) is 0 Å². The molecule has 2 rings (SSSR count). The van der Waals surface area contributed by atoms with Crippen LogP contribution in [-0.2, 0) is 4.79 Å². The van der Waals surface area contributed by atoms with Gasteiger partial charge in [-0.3, -0.25) is 14.5 Å². The number of nitrogens with one attached hydrogen (secondary N) is 1. The van der Waals surface area contributed by atoms with Crippen molar-refractivity contribution in [1.29, 1.82) is 0 Å². The van der Waals surface area contributed by atoms with Gasteiger partial charge in [-0.05, 0) is 43.5 Å². The molecule has 21 heavy (non-hydrogen) atoms. The highest BCUT2D eigenvalue weighted by Crippen LogP contribution is 2.17. The van der Waals surface area contributed by atoms with Gasteiger partial charge in [0.25, 0.3) is 5.91 Å². The van der Waals surface area contributed by atoms with Gasteiger partial charge in [0.2, 0.25) is 0 Å². The normalized spacial score (nSPS) is 16.7. The maximum Gasteiger partial charge on any atom is 0.317 e. The smallest absolute Gasteiger partial charge is 0.317 e. The maximum atomic E-state index is 12.2. The quantitative estimate of drug-likeness (QED) is 0.891. The summed E-state index contributed by atoms with van der Waals surface area (Å²) in [6.07, 6.45) is 1.54. The Balaban J connectivity index is 1.86. The Kier molecular flexibility index (Phi) is 5.20. The van der Waals surface area contributed by atoms with Gasteiger partial charge in [0.15, 0.2) is 0 Å². The first-order valence-electron chi connectivity index (χ1n) is 6.97. The molecule has 1 aliphatic heterocycles. The molecule has 1 amide bonds. The number of hydrogen-bond acceptors (Lipinski definition) is 3. The molecule has 2 N–H and O–H groups in total. The highest BCUT2D eigenvalue weighted by Gasteiger charge is 2.22. The molecule has 1 saturated heterocycles. The molecule has 1 aliphatic rings. The predicted octanol–water partition coefficient (Wildman–Crippen LogP) is 1.93. The van der Waals surface area contributed by atoms with Crippen molar-refractivity contribution in [3.05, 3.63) is 34.3 Å². The molecular formula is C15H19ClN2O3. The fourth-order valence-corrected chi connectivity index (χ4v) is 2.60. The van der Waals surface area contributed by atoms with E-state index in [-0.39, 0.29) is 18.5 Å². The number of carboxylic acids is 1. The fourth-order valence-electron chi connectivity index (χ4n) is 2.48. The van der Waals surface area contributed by atoms with Crippen molar-refractivity contribution < 1.29 is 14.7 Å². The van der Waals surface area contributed by atoms with E-state index in [1.807, 2.05) is 11.8 Å². The lowest BCUT2D eigenvalue weighted by Crippen LogP contribution is -2.45. The average molecular weight is 311 g/mol. The van der Waals surface area contributed by atoms with E-state index in [2.05, 4.69) is 5.32 Å². The lowest BCUT2D eigenvalue weighted by atomic mass is 10.0. The maximum absolute atomic E-state index is 12.2. The van der Waals surface area contributed by atoms with Crippen LogP contribution in [0.2, 0.25) is 5.02 Å². The molecule has 0 radical (unpaired) electrons. The summed E-state index contributed by atoms with van der Waals surface area (Å²) in [6.45, 7) is 3.31. The molecule has 0 spiro atoms. The zero-order chi connectivity index (χ0) is 15.4. The Bertz CT molecular complexity index is 540. The molecule has 0 aromatic heterocycles. The minimum Gasteiger partial charge on any atom is -0.480 e. The SMILES string of the molecule is Cc1cc(C(=O)NC2CCN(CC(=O)O)CC2)ccc1Cl. The third-order valence-corrected chi connectivity index (χ3v) is 4.13. The van der Waals surface area contributed by atoms with Gasteiger partial charge < -0.3 is 10.4 Å². The van der Waals surface area contributed by atoms with Gasteiger partial charge in [-0.1, -0.05) is 11.6 Å². The molecule has 0 saturated carbocycles. The van der Waals surface area contributed by atoms with E-state index in [0.717, 1.165) is 18.4 Å². The van der Waals surface area contributed by atoms with Crippen molar-refractivity contribution in [2.45, 2.75) is 25.8 Å². The number of halogens is 1. The summed E-state index contributed by atoms with van der Waals surface area (Å²) < 4.78 is 0. The molecule has 1 heterocycles. The summed E-state index contributed by atoms with van der Waals surface area (Å²) in [6, 6.07) is 5.31. The summed E-state index contributed by atoms with van der Waals surface area (Å²) in [4.78, 5) is 24.7. The minimum atomic E-state index is -0.811. The van der Waals surface area contributed by atoms with Gasteiger partial charge in [0, 0.05) is 29.7 Å². The Morgan fingerprint density at radius 1 is 1.38 bits per heavy atom. The van der Waals surface area contributed by atoms with Crippen molar-refractivity contribution in [3.8, 4) is 0 Å². The van der Waals surface area contributed by atoms with Crippen molar-refractivity contribution >= 4 is 23.5 Å². The molecule has 1 fully saturated rings. The van der Waals surface area contributed by atoms with Crippen molar-refractivity contribution in [3.63, 3.8) is 0 Å². The van der Waals surface area contributed by atoms with Crippen LogP contribution < -0.4 is 5.32 Å². The van der Waals surface area contributed by atoms with Crippen LogP contribution >= 0.6 is 11.6 Å². The van der Waals surface area contributed by atoms with Crippen molar-refractivity contribution in [2.24, 2.45) is 0 Å². The molecule has 0 atom stereocenters. The number of rotatable bonds is 4. The van der Waals surface area contributed by atoms with Crippen LogP contribution in [0.25, 0.3) is 0 Å². The predicted molar refractivity (Wildman–Crippen MR) is 80.8 cm³/mol. The Labute approximate surface area is 128 Å². The third-order valence-electron chi connectivity index (χ3n) is 3.70. The molecule has 114 valence electrons. The Morgan fingerprint density at radius 3 is 2.62 bits per heavy atom. The van der Waals surface area contributed by atoms with Gasteiger partial charge in [-0.15, -0.1) is 0 Å². The lowest BCUT2D eigenvalue weighted by Gasteiger charge is -2.31. The van der Waals surface area contributed by atoms with Crippen LogP contribution in [0.3, 0.4) is 0 Å². The molecule has 1 aromatic rings. The van der Waals surface area contributed by atoms with Crippen molar-refractivity contribution in [1.82, 2.24) is 10.2 Å². The molecule has 5 nitrogen and oxygen atoms in total. The summed E-state index contributed by atoms with van der Waals surface area (Å²) >= 11 is 5.95. The molecule has 0 aliphatic carbocycles. The number of benzene rings is 1. The lowest BCUT2D eigenvalue weighted by molar-refractivity contribution is -0.138. The second kappa shape index (κ2) is 6.91. The first kappa shape index (κ1) is 15.8. The standard InChI is InChI=1S/C15H19ClN2O3/c1-10-8-11(2-3-13(10)16)15(21)17-12-4-6-18(7-5-12)9-14(19)20/h2-3,8,12H,4-7,9H2,1H3,(H,17,21)(H,19,20). The zero-order valence-electron chi connectivity index (χ0n) is 11.9. The second-order valence-electron chi connectivity index (χ2n) is 5.38. The topological polar surface area (TPSA) is 69.6 Å². The first-order valence-corrected chi connectivity index (χ1v) is 7.34. The molecule has 0 bridgehead atoms. The van der Waals surface area contributed by atoms with Crippen LogP contribution in [0.5, 0.6) is 0 Å². The van der Waals surface area contributed by atoms with Gasteiger partial charge in [-0.2, -0.15) is 0 Å². The summed E-state index contributed by atoms with van der Waals surface area (Å²) in [7, 11) is 0. The van der Waals surface area contributed by atoms with Crippen LogP contribution in [0, 0.1) is 6.92 Å². The van der Waals surface area contributed by atoms with Gasteiger partial charge in [-0.25, -0.2) is 0 Å². The monoisotopic (exact) mass is 310 g/mol. The molecule has 0 unspecified atom stereocenters. The summed E-state index contributed by atoms with van der Waals surface area (Å²) in [5.41, 5.74) is 1.48. The molecular weight excluding hydrogens is 292 g/mol. The number of nitrogens with zero attached hydrogens (tertiary/aromatic N) is 1. The average Bonchev–Trinajstić information content (AvgIpc) is 2.43. The van der Waals surface area contributed by atoms with E-state index in [1.54, 1.807) is 18.2 Å². The minimum absolute atomic E-state index is 0.0665. The van der Waals surface area contributed by atoms with E-state index in [9.17, 15) is 9.59 Å².